The Labute approximate surface area is 185 Å². The van der Waals surface area contributed by atoms with E-state index in [1.165, 1.54) is 6.42 Å². The molecule has 7 nitrogen and oxygen atoms in total. The molecule has 0 unspecified atom stereocenters. The highest BCUT2D eigenvalue weighted by atomic mass is 16.5. The van der Waals surface area contributed by atoms with Crippen molar-refractivity contribution in [3.8, 4) is 11.4 Å². The summed E-state index contributed by atoms with van der Waals surface area (Å²) < 4.78 is 8.91. The molecule has 0 N–H and O–H groups in total. The molecule has 162 valence electrons. The lowest BCUT2D eigenvalue weighted by atomic mass is 10.2. The summed E-state index contributed by atoms with van der Waals surface area (Å²) in [4.78, 5) is 27.9. The quantitative estimate of drug-likeness (QED) is 0.346. The third-order valence-electron chi connectivity index (χ3n) is 5.81. The van der Waals surface area contributed by atoms with Crippen molar-refractivity contribution in [1.82, 2.24) is 24.1 Å². The molecule has 0 atom stereocenters. The number of aromatic nitrogens is 5. The molecule has 0 spiro atoms. The van der Waals surface area contributed by atoms with Gasteiger partial charge in [0.15, 0.2) is 11.3 Å². The van der Waals surface area contributed by atoms with Crippen LogP contribution in [0.2, 0.25) is 0 Å². The molecule has 0 saturated carbocycles. The Bertz CT molecular complexity index is 1470. The van der Waals surface area contributed by atoms with Crippen molar-refractivity contribution >= 4 is 33.2 Å². The van der Waals surface area contributed by atoms with E-state index in [9.17, 15) is 4.79 Å². The average Bonchev–Trinajstić information content (AvgIpc) is 3.15. The van der Waals surface area contributed by atoms with Crippen molar-refractivity contribution < 1.29 is 4.74 Å². The Balaban J connectivity index is 1.77. The Hall–Kier alpha value is -3.74. The van der Waals surface area contributed by atoms with Crippen LogP contribution in [0, 0.1) is 0 Å². The molecule has 32 heavy (non-hydrogen) atoms. The third-order valence-corrected chi connectivity index (χ3v) is 5.81. The minimum Gasteiger partial charge on any atom is -0.497 e. The van der Waals surface area contributed by atoms with E-state index in [0.29, 0.717) is 28.7 Å². The Morgan fingerprint density at radius 3 is 2.38 bits per heavy atom. The molecule has 0 saturated heterocycles. The lowest BCUT2D eigenvalue weighted by molar-refractivity contribution is 0.415. The monoisotopic (exact) mass is 427 g/mol. The second-order valence-electron chi connectivity index (χ2n) is 7.92. The van der Waals surface area contributed by atoms with Gasteiger partial charge in [0.2, 0.25) is 0 Å². The van der Waals surface area contributed by atoms with Crippen molar-refractivity contribution in [3.05, 3.63) is 65.2 Å². The number of fused-ring (bicyclic) bond motifs is 4. The van der Waals surface area contributed by atoms with Gasteiger partial charge in [-0.25, -0.2) is 15.0 Å². The van der Waals surface area contributed by atoms with Crippen molar-refractivity contribution in [3.63, 3.8) is 0 Å². The molecule has 5 aromatic rings. The van der Waals surface area contributed by atoms with Gasteiger partial charge in [-0.2, -0.15) is 0 Å². The number of nitrogens with zero attached hydrogens (tertiary/aromatic N) is 5. The van der Waals surface area contributed by atoms with Gasteiger partial charge in [-0.15, -0.1) is 0 Å². The molecule has 0 aliphatic heterocycles. The highest BCUT2D eigenvalue weighted by molar-refractivity contribution is 6.05. The van der Waals surface area contributed by atoms with E-state index in [4.69, 9.17) is 19.7 Å². The largest absolute Gasteiger partial charge is 0.497 e. The average molecular weight is 428 g/mol. The van der Waals surface area contributed by atoms with Crippen molar-refractivity contribution in [2.45, 2.75) is 39.2 Å². The van der Waals surface area contributed by atoms with Crippen LogP contribution in [0.25, 0.3) is 38.9 Å². The summed E-state index contributed by atoms with van der Waals surface area (Å²) in [5.74, 6) is 0.758. The van der Waals surface area contributed by atoms with Gasteiger partial charge in [-0.3, -0.25) is 13.9 Å². The molecular formula is C25H25N5O2. The second-order valence-corrected chi connectivity index (χ2v) is 7.92. The summed E-state index contributed by atoms with van der Waals surface area (Å²) in [5, 5.41) is 0.507. The van der Waals surface area contributed by atoms with Gasteiger partial charge < -0.3 is 4.74 Å². The number of aryl methyl sites for hydroxylation is 1. The van der Waals surface area contributed by atoms with Crippen molar-refractivity contribution in [1.29, 1.82) is 0 Å². The standard InChI is InChI=1S/C25H25N5O2/c1-3-4-5-8-15-29-16-26-23-21(25(29)31)22-24(28-20-10-7-6-9-19(20)27-22)30(23)17-11-13-18(32-2)14-12-17/h6-7,9-14,16H,3-5,8,15H2,1-2H3. The van der Waals surface area contributed by atoms with Crippen molar-refractivity contribution in [2.24, 2.45) is 0 Å². The number of hydrogen-bond donors (Lipinski definition) is 0. The molecule has 5 rings (SSSR count). The van der Waals surface area contributed by atoms with Gasteiger partial charge in [0.25, 0.3) is 5.56 Å². The van der Waals surface area contributed by atoms with E-state index in [-0.39, 0.29) is 5.56 Å². The van der Waals surface area contributed by atoms with Gasteiger partial charge >= 0.3 is 0 Å². The van der Waals surface area contributed by atoms with Gasteiger partial charge in [-0.1, -0.05) is 38.3 Å². The summed E-state index contributed by atoms with van der Waals surface area (Å²) in [6, 6.07) is 15.3. The fourth-order valence-corrected chi connectivity index (χ4v) is 4.12. The molecule has 0 radical (unpaired) electrons. The number of hydrogen-bond acceptors (Lipinski definition) is 5. The maximum absolute atomic E-state index is 13.5. The fraction of sp³-hybridized carbons (Fsp3) is 0.280. The Kier molecular flexibility index (Phi) is 5.31. The third kappa shape index (κ3) is 3.39. The predicted octanol–water partition coefficient (Wildman–Crippen LogP) is 4.87. The minimum atomic E-state index is -0.0756. The van der Waals surface area contributed by atoms with Crippen LogP contribution in [0.4, 0.5) is 0 Å². The maximum atomic E-state index is 13.5. The van der Waals surface area contributed by atoms with Gasteiger partial charge in [0.05, 0.1) is 24.5 Å². The zero-order chi connectivity index (χ0) is 22.1. The SMILES string of the molecule is CCCCCCn1cnc2c(c1=O)c1nc3ccccc3nc1n2-c1ccc(OC)cc1. The number of ether oxygens (including phenoxy) is 1. The minimum absolute atomic E-state index is 0.0756. The maximum Gasteiger partial charge on any atom is 0.265 e. The lowest BCUT2D eigenvalue weighted by Gasteiger charge is -2.08. The summed E-state index contributed by atoms with van der Waals surface area (Å²) in [7, 11) is 1.64. The van der Waals surface area contributed by atoms with Crippen LogP contribution in [0.1, 0.15) is 32.6 Å². The Morgan fingerprint density at radius 2 is 1.66 bits per heavy atom. The van der Waals surface area contributed by atoms with Crippen LogP contribution in [0.15, 0.2) is 59.7 Å². The lowest BCUT2D eigenvalue weighted by Crippen LogP contribution is -2.20. The molecule has 3 aromatic heterocycles. The van der Waals surface area contributed by atoms with E-state index in [1.807, 2.05) is 53.1 Å². The fourth-order valence-electron chi connectivity index (χ4n) is 4.12. The molecule has 0 amide bonds. The summed E-state index contributed by atoms with van der Waals surface area (Å²) in [6.07, 6.45) is 6.02. The number of benzene rings is 2. The Morgan fingerprint density at radius 1 is 0.906 bits per heavy atom. The van der Waals surface area contributed by atoms with Gasteiger partial charge in [0.1, 0.15) is 16.7 Å². The summed E-state index contributed by atoms with van der Waals surface area (Å²) in [6.45, 7) is 2.83. The van der Waals surface area contributed by atoms with Gasteiger partial charge in [0, 0.05) is 12.2 Å². The second kappa shape index (κ2) is 8.42. The first-order valence-electron chi connectivity index (χ1n) is 11.0. The first-order valence-corrected chi connectivity index (χ1v) is 11.0. The zero-order valence-corrected chi connectivity index (χ0v) is 18.3. The first kappa shape index (κ1) is 20.2. The molecule has 0 aliphatic rings. The normalized spacial score (nSPS) is 11.6. The van der Waals surface area contributed by atoms with Crippen LogP contribution in [-0.2, 0) is 6.54 Å². The molecular weight excluding hydrogens is 402 g/mol. The molecule has 0 bridgehead atoms. The van der Waals surface area contributed by atoms with E-state index < -0.39 is 0 Å². The van der Waals surface area contributed by atoms with Crippen LogP contribution < -0.4 is 10.3 Å². The highest BCUT2D eigenvalue weighted by Crippen LogP contribution is 2.29. The van der Waals surface area contributed by atoms with Crippen LogP contribution >= 0.6 is 0 Å². The molecule has 0 fully saturated rings. The molecule has 7 heteroatoms. The van der Waals surface area contributed by atoms with Crippen LogP contribution in [-0.4, -0.2) is 31.2 Å². The molecule has 2 aromatic carbocycles. The molecule has 0 aliphatic carbocycles. The van der Waals surface area contributed by atoms with Crippen LogP contribution in [0.5, 0.6) is 5.75 Å². The van der Waals surface area contributed by atoms with Crippen LogP contribution in [0.3, 0.4) is 0 Å². The van der Waals surface area contributed by atoms with E-state index in [0.717, 1.165) is 41.7 Å². The number of unbranched alkanes of at least 4 members (excludes halogenated alkanes) is 3. The number of rotatable bonds is 7. The van der Waals surface area contributed by atoms with Gasteiger partial charge in [-0.05, 0) is 42.8 Å². The summed E-state index contributed by atoms with van der Waals surface area (Å²) in [5.41, 5.74) is 4.07. The van der Waals surface area contributed by atoms with E-state index in [2.05, 4.69) is 6.92 Å². The smallest absolute Gasteiger partial charge is 0.265 e. The molecule has 3 heterocycles. The van der Waals surface area contributed by atoms with E-state index in [1.54, 1.807) is 18.0 Å². The highest BCUT2D eigenvalue weighted by Gasteiger charge is 2.20. The van der Waals surface area contributed by atoms with Crippen molar-refractivity contribution in [2.75, 3.05) is 7.11 Å². The number of para-hydroxylation sites is 2. The van der Waals surface area contributed by atoms with E-state index >= 15 is 0 Å². The first-order chi connectivity index (χ1) is 15.7. The topological polar surface area (TPSA) is 74.8 Å². The number of methoxy groups -OCH3 is 1. The predicted molar refractivity (Wildman–Crippen MR) is 127 cm³/mol. The zero-order valence-electron chi connectivity index (χ0n) is 18.3. The summed E-state index contributed by atoms with van der Waals surface area (Å²) >= 11 is 0.